The van der Waals surface area contributed by atoms with Crippen molar-refractivity contribution in [2.75, 3.05) is 19.8 Å². The van der Waals surface area contributed by atoms with Gasteiger partial charge in [-0.3, -0.25) is 0 Å². The summed E-state index contributed by atoms with van der Waals surface area (Å²) in [6, 6.07) is 0.923. The molecule has 3 nitrogen and oxygen atoms in total. The molecule has 1 atom stereocenters. The summed E-state index contributed by atoms with van der Waals surface area (Å²) in [4.78, 5) is 0. The molecule has 0 aliphatic heterocycles. The Bertz CT molecular complexity index is 147. The second kappa shape index (κ2) is 10.4. The molecule has 1 unspecified atom stereocenters. The van der Waals surface area contributed by atoms with E-state index in [1.807, 2.05) is 13.8 Å². The fourth-order valence-corrected chi connectivity index (χ4v) is 3.34. The lowest BCUT2D eigenvalue weighted by atomic mass is 10.3. The molecule has 0 saturated carbocycles. The Labute approximate surface area is 95.3 Å². The van der Waals surface area contributed by atoms with E-state index in [0.717, 1.165) is 25.7 Å². The minimum Gasteiger partial charge on any atom is -0.397 e. The van der Waals surface area contributed by atoms with Crippen LogP contribution in [0.3, 0.4) is 0 Å². The molecular weight excluding hydrogens is 208 g/mol. The molecule has 0 aromatic heterocycles. The molecule has 0 aromatic carbocycles. The maximum absolute atomic E-state index is 5.62. The molecule has 0 bridgehead atoms. The molecular formula is C11H24O3Si. The molecule has 0 fully saturated rings. The van der Waals surface area contributed by atoms with Crippen molar-refractivity contribution in [1.82, 2.24) is 0 Å². The monoisotopic (exact) mass is 232 g/mol. The average molecular weight is 232 g/mol. The van der Waals surface area contributed by atoms with Crippen LogP contribution in [0.25, 0.3) is 0 Å². The molecule has 0 amide bonds. The van der Waals surface area contributed by atoms with Gasteiger partial charge in [-0.25, -0.2) is 0 Å². The Morgan fingerprint density at radius 1 is 1.20 bits per heavy atom. The Hall–Kier alpha value is -0.163. The first-order valence-corrected chi connectivity index (χ1v) is 7.49. The molecule has 0 N–H and O–H groups in total. The van der Waals surface area contributed by atoms with Crippen molar-refractivity contribution in [2.45, 2.75) is 39.3 Å². The van der Waals surface area contributed by atoms with Crippen molar-refractivity contribution in [1.29, 1.82) is 0 Å². The molecule has 0 aromatic rings. The van der Waals surface area contributed by atoms with Crippen LogP contribution in [-0.4, -0.2) is 35.2 Å². The van der Waals surface area contributed by atoms with Crippen molar-refractivity contribution in [3.05, 3.63) is 12.7 Å². The fraction of sp³-hybridized carbons (Fsp3) is 0.818. The fourth-order valence-electron chi connectivity index (χ4n) is 1.33. The standard InChI is InChI=1S/C11H24O3Si/c1-5-9-12-11(6-2)10-15(13-7-3)14-8-4/h5,11,15H,1,6-10H2,2-4H3. The SMILES string of the molecule is C=CCOC(CC)C[SiH](OCC)OCC. The topological polar surface area (TPSA) is 27.7 Å². The Balaban J connectivity index is 3.90. The van der Waals surface area contributed by atoms with Crippen LogP contribution in [0.4, 0.5) is 0 Å². The van der Waals surface area contributed by atoms with Gasteiger partial charge in [-0.2, -0.15) is 0 Å². The normalized spacial score (nSPS) is 13.1. The summed E-state index contributed by atoms with van der Waals surface area (Å²) in [5, 5.41) is 0. The maximum atomic E-state index is 5.62. The van der Waals surface area contributed by atoms with Crippen molar-refractivity contribution in [2.24, 2.45) is 0 Å². The van der Waals surface area contributed by atoms with Gasteiger partial charge in [-0.05, 0) is 20.3 Å². The zero-order valence-corrected chi connectivity index (χ0v) is 11.4. The second-order valence-corrected chi connectivity index (χ2v) is 5.23. The molecule has 0 aliphatic carbocycles. The molecule has 0 heterocycles. The molecule has 4 heteroatoms. The van der Waals surface area contributed by atoms with Crippen LogP contribution in [0.15, 0.2) is 12.7 Å². The number of ether oxygens (including phenoxy) is 1. The Morgan fingerprint density at radius 2 is 1.80 bits per heavy atom. The third-order valence-corrected chi connectivity index (χ3v) is 4.39. The minimum absolute atomic E-state index is 0.248. The van der Waals surface area contributed by atoms with Gasteiger partial charge in [-0.1, -0.05) is 13.0 Å². The number of hydrogen-bond acceptors (Lipinski definition) is 3. The van der Waals surface area contributed by atoms with Crippen molar-refractivity contribution in [3.8, 4) is 0 Å². The highest BCUT2D eigenvalue weighted by Crippen LogP contribution is 2.10. The average Bonchev–Trinajstić information content (AvgIpc) is 2.24. The summed E-state index contributed by atoms with van der Waals surface area (Å²) in [6.45, 7) is 11.8. The van der Waals surface area contributed by atoms with E-state index < -0.39 is 9.28 Å². The first-order valence-electron chi connectivity index (χ1n) is 5.74. The number of rotatable bonds is 10. The molecule has 0 rings (SSSR count). The molecule has 0 spiro atoms. The third-order valence-electron chi connectivity index (χ3n) is 2.07. The predicted octanol–water partition coefficient (Wildman–Crippen LogP) is 2.26. The molecule has 90 valence electrons. The van der Waals surface area contributed by atoms with E-state index in [1.165, 1.54) is 0 Å². The van der Waals surface area contributed by atoms with Crippen LogP contribution in [0, 0.1) is 0 Å². The lowest BCUT2D eigenvalue weighted by molar-refractivity contribution is 0.0756. The second-order valence-electron chi connectivity index (χ2n) is 3.23. The summed E-state index contributed by atoms with van der Waals surface area (Å²) in [5.74, 6) is 0. The summed E-state index contributed by atoms with van der Waals surface area (Å²) < 4.78 is 16.8. The van der Waals surface area contributed by atoms with Crippen molar-refractivity contribution < 1.29 is 13.6 Å². The van der Waals surface area contributed by atoms with Gasteiger partial charge >= 0.3 is 9.28 Å². The van der Waals surface area contributed by atoms with Gasteiger partial charge in [0, 0.05) is 19.3 Å². The smallest absolute Gasteiger partial charge is 0.324 e. The van der Waals surface area contributed by atoms with Crippen LogP contribution < -0.4 is 0 Å². The molecule has 0 saturated heterocycles. The van der Waals surface area contributed by atoms with E-state index >= 15 is 0 Å². The lowest BCUT2D eigenvalue weighted by Crippen LogP contribution is -2.29. The first-order chi connectivity index (χ1) is 7.28. The van der Waals surface area contributed by atoms with Crippen molar-refractivity contribution >= 4 is 9.28 Å². The minimum atomic E-state index is -1.51. The highest BCUT2D eigenvalue weighted by atomic mass is 28.3. The van der Waals surface area contributed by atoms with Gasteiger partial charge in [0.1, 0.15) is 0 Å². The van der Waals surface area contributed by atoms with Crippen molar-refractivity contribution in [3.63, 3.8) is 0 Å². The predicted molar refractivity (Wildman–Crippen MR) is 65.4 cm³/mol. The quantitative estimate of drug-likeness (QED) is 0.427. The van der Waals surface area contributed by atoms with Gasteiger partial charge in [0.15, 0.2) is 0 Å². The summed E-state index contributed by atoms with van der Waals surface area (Å²) in [6.07, 6.45) is 3.02. The molecule has 0 radical (unpaired) electrons. The lowest BCUT2D eigenvalue weighted by Gasteiger charge is -2.20. The van der Waals surface area contributed by atoms with Crippen LogP contribution >= 0.6 is 0 Å². The van der Waals surface area contributed by atoms with Gasteiger partial charge < -0.3 is 13.6 Å². The van der Waals surface area contributed by atoms with Gasteiger partial charge in [0.05, 0.1) is 12.7 Å². The summed E-state index contributed by atoms with van der Waals surface area (Å²) >= 11 is 0. The summed E-state index contributed by atoms with van der Waals surface area (Å²) in [5.41, 5.74) is 0. The highest BCUT2D eigenvalue weighted by molar-refractivity contribution is 6.44. The Kier molecular flexibility index (Phi) is 10.2. The third kappa shape index (κ3) is 7.73. The van der Waals surface area contributed by atoms with Gasteiger partial charge in [-0.15, -0.1) is 6.58 Å². The molecule has 0 aliphatic rings. The van der Waals surface area contributed by atoms with E-state index in [-0.39, 0.29) is 6.10 Å². The van der Waals surface area contributed by atoms with Crippen LogP contribution in [0.2, 0.25) is 6.04 Å². The first kappa shape index (κ1) is 14.8. The Morgan fingerprint density at radius 3 is 2.20 bits per heavy atom. The van der Waals surface area contributed by atoms with E-state index in [2.05, 4.69) is 13.5 Å². The van der Waals surface area contributed by atoms with Crippen LogP contribution in [0.5, 0.6) is 0 Å². The van der Waals surface area contributed by atoms with E-state index in [1.54, 1.807) is 6.08 Å². The number of hydrogen-bond donors (Lipinski definition) is 0. The summed E-state index contributed by atoms with van der Waals surface area (Å²) in [7, 11) is -1.51. The zero-order chi connectivity index (χ0) is 11.5. The van der Waals surface area contributed by atoms with Crippen LogP contribution in [-0.2, 0) is 13.6 Å². The largest absolute Gasteiger partial charge is 0.397 e. The zero-order valence-electron chi connectivity index (χ0n) is 10.2. The van der Waals surface area contributed by atoms with Gasteiger partial charge in [0.2, 0.25) is 0 Å². The maximum Gasteiger partial charge on any atom is 0.324 e. The van der Waals surface area contributed by atoms with E-state index in [0.29, 0.717) is 6.61 Å². The molecule has 15 heavy (non-hydrogen) atoms. The highest BCUT2D eigenvalue weighted by Gasteiger charge is 2.18. The van der Waals surface area contributed by atoms with Gasteiger partial charge in [0.25, 0.3) is 0 Å². The van der Waals surface area contributed by atoms with E-state index in [9.17, 15) is 0 Å². The van der Waals surface area contributed by atoms with Crippen LogP contribution in [0.1, 0.15) is 27.2 Å². The van der Waals surface area contributed by atoms with E-state index in [4.69, 9.17) is 13.6 Å².